The molecule has 182 valence electrons. The average molecular weight is 494 g/mol. The second kappa shape index (κ2) is 9.27. The molecule has 2 aromatic heterocycles. The topological polar surface area (TPSA) is 124 Å². The SMILES string of the molecule is CC(C)c1noc(N2CCC(Oc3ccnc4c(-c5ccccc5S(N)(=O)=O)cccc34)CC2)n1. The predicted molar refractivity (Wildman–Crippen MR) is 133 cm³/mol. The average Bonchev–Trinajstić information content (AvgIpc) is 3.35. The fraction of sp³-hybridized carbons (Fsp3) is 0.320. The monoisotopic (exact) mass is 493 g/mol. The van der Waals surface area contributed by atoms with Crippen molar-refractivity contribution in [3.05, 3.63) is 60.6 Å². The van der Waals surface area contributed by atoms with E-state index in [2.05, 4.69) is 20.0 Å². The summed E-state index contributed by atoms with van der Waals surface area (Å²) in [4.78, 5) is 11.2. The van der Waals surface area contributed by atoms with E-state index < -0.39 is 10.0 Å². The molecule has 3 heterocycles. The molecule has 5 rings (SSSR count). The Morgan fingerprint density at radius 3 is 2.51 bits per heavy atom. The number of hydrogen-bond acceptors (Lipinski definition) is 8. The number of nitrogens with zero attached hydrogens (tertiary/aromatic N) is 4. The molecule has 2 N–H and O–H groups in total. The molecule has 0 bridgehead atoms. The highest BCUT2D eigenvalue weighted by atomic mass is 32.2. The van der Waals surface area contributed by atoms with Crippen molar-refractivity contribution >= 4 is 26.9 Å². The number of rotatable bonds is 6. The maximum atomic E-state index is 12.2. The number of anilines is 1. The van der Waals surface area contributed by atoms with Crippen molar-refractivity contribution in [3.63, 3.8) is 0 Å². The number of piperidine rings is 1. The van der Waals surface area contributed by atoms with Crippen molar-refractivity contribution < 1.29 is 17.7 Å². The number of fused-ring (bicyclic) bond motifs is 1. The van der Waals surface area contributed by atoms with Gasteiger partial charge in [0.05, 0.1) is 10.4 Å². The molecule has 0 atom stereocenters. The van der Waals surface area contributed by atoms with E-state index in [1.807, 2.05) is 38.1 Å². The van der Waals surface area contributed by atoms with E-state index in [4.69, 9.17) is 14.4 Å². The Hall–Kier alpha value is -3.50. The number of benzene rings is 2. The smallest absolute Gasteiger partial charge is 0.324 e. The van der Waals surface area contributed by atoms with E-state index in [9.17, 15) is 8.42 Å². The van der Waals surface area contributed by atoms with Crippen molar-refractivity contribution in [3.8, 4) is 16.9 Å². The lowest BCUT2D eigenvalue weighted by Crippen LogP contribution is -2.38. The maximum Gasteiger partial charge on any atom is 0.324 e. The number of aromatic nitrogens is 3. The van der Waals surface area contributed by atoms with Gasteiger partial charge in [0, 0.05) is 54.6 Å². The van der Waals surface area contributed by atoms with Gasteiger partial charge in [-0.05, 0) is 18.2 Å². The van der Waals surface area contributed by atoms with Crippen LogP contribution >= 0.6 is 0 Å². The minimum absolute atomic E-state index is 0.0182. The molecule has 1 aliphatic rings. The highest BCUT2D eigenvalue weighted by Gasteiger charge is 2.25. The highest BCUT2D eigenvalue weighted by Crippen LogP contribution is 2.35. The number of primary sulfonamides is 1. The maximum absolute atomic E-state index is 12.2. The molecule has 35 heavy (non-hydrogen) atoms. The van der Waals surface area contributed by atoms with E-state index in [-0.39, 0.29) is 16.9 Å². The van der Waals surface area contributed by atoms with E-state index in [0.717, 1.165) is 31.3 Å². The Balaban J connectivity index is 1.39. The van der Waals surface area contributed by atoms with E-state index >= 15 is 0 Å². The summed E-state index contributed by atoms with van der Waals surface area (Å²) in [5.74, 6) is 1.64. The molecule has 9 nitrogen and oxygen atoms in total. The summed E-state index contributed by atoms with van der Waals surface area (Å²) in [5.41, 5.74) is 1.86. The molecule has 0 unspecified atom stereocenters. The van der Waals surface area contributed by atoms with Crippen LogP contribution in [0.15, 0.2) is 64.1 Å². The van der Waals surface area contributed by atoms with Crippen LogP contribution in [0.5, 0.6) is 5.75 Å². The lowest BCUT2D eigenvalue weighted by Gasteiger charge is -2.31. The molecular weight excluding hydrogens is 466 g/mol. The summed E-state index contributed by atoms with van der Waals surface area (Å²) in [5, 5.41) is 10.3. The van der Waals surface area contributed by atoms with Gasteiger partial charge in [0.1, 0.15) is 11.9 Å². The van der Waals surface area contributed by atoms with Crippen molar-refractivity contribution in [2.24, 2.45) is 5.14 Å². The second-order valence-electron chi connectivity index (χ2n) is 8.95. The van der Waals surface area contributed by atoms with Crippen LogP contribution in [0.4, 0.5) is 6.01 Å². The Bertz CT molecular complexity index is 1460. The first-order valence-corrected chi connectivity index (χ1v) is 13.1. The van der Waals surface area contributed by atoms with E-state index in [0.29, 0.717) is 34.2 Å². The molecule has 2 aromatic carbocycles. The molecule has 0 amide bonds. The van der Waals surface area contributed by atoms with E-state index in [1.54, 1.807) is 24.4 Å². The van der Waals surface area contributed by atoms with Gasteiger partial charge in [-0.1, -0.05) is 49.3 Å². The third-order valence-corrected chi connectivity index (χ3v) is 7.14. The minimum atomic E-state index is -3.90. The summed E-state index contributed by atoms with van der Waals surface area (Å²) in [6, 6.07) is 14.7. The lowest BCUT2D eigenvalue weighted by molar-refractivity contribution is 0.170. The van der Waals surface area contributed by atoms with Crippen LogP contribution in [0.25, 0.3) is 22.0 Å². The highest BCUT2D eigenvalue weighted by molar-refractivity contribution is 7.89. The van der Waals surface area contributed by atoms with Crippen LogP contribution in [0.3, 0.4) is 0 Å². The third kappa shape index (κ3) is 4.71. The lowest BCUT2D eigenvalue weighted by atomic mass is 10.0. The van der Waals surface area contributed by atoms with Crippen LogP contribution in [0.2, 0.25) is 0 Å². The summed E-state index contributed by atoms with van der Waals surface area (Å²) < 4.78 is 36.2. The summed E-state index contributed by atoms with van der Waals surface area (Å²) in [6.45, 7) is 5.57. The first kappa shape index (κ1) is 23.3. The first-order valence-electron chi connectivity index (χ1n) is 11.6. The minimum Gasteiger partial charge on any atom is -0.490 e. The fourth-order valence-corrected chi connectivity index (χ4v) is 5.09. The Morgan fingerprint density at radius 2 is 1.80 bits per heavy atom. The molecule has 0 radical (unpaired) electrons. The van der Waals surface area contributed by atoms with Gasteiger partial charge >= 0.3 is 6.01 Å². The summed E-state index contributed by atoms with van der Waals surface area (Å²) >= 11 is 0. The van der Waals surface area contributed by atoms with Crippen molar-refractivity contribution in [2.75, 3.05) is 18.0 Å². The van der Waals surface area contributed by atoms with Gasteiger partial charge in [-0.25, -0.2) is 13.6 Å². The molecule has 1 saturated heterocycles. The number of nitrogens with two attached hydrogens (primary N) is 1. The van der Waals surface area contributed by atoms with Crippen LogP contribution in [0.1, 0.15) is 38.4 Å². The van der Waals surface area contributed by atoms with E-state index in [1.165, 1.54) is 6.07 Å². The Morgan fingerprint density at radius 1 is 1.06 bits per heavy atom. The third-order valence-electron chi connectivity index (χ3n) is 6.17. The van der Waals surface area contributed by atoms with Crippen molar-refractivity contribution in [1.82, 2.24) is 15.1 Å². The molecule has 1 fully saturated rings. The van der Waals surface area contributed by atoms with Gasteiger partial charge < -0.3 is 14.2 Å². The normalized spacial score (nSPS) is 15.1. The van der Waals surface area contributed by atoms with Gasteiger partial charge in [-0.3, -0.25) is 4.98 Å². The van der Waals surface area contributed by atoms with Crippen LogP contribution < -0.4 is 14.8 Å². The second-order valence-corrected chi connectivity index (χ2v) is 10.5. The standard InChI is InChI=1S/C25H27N5O4S/c1-16(2)24-28-25(34-29-24)30-14-11-17(12-15-30)33-21-10-13-27-23-19(7-5-8-20(21)23)18-6-3-4-9-22(18)35(26,31)32/h3-10,13,16-17H,11-12,14-15H2,1-2H3,(H2,26,31,32). The van der Waals surface area contributed by atoms with Crippen LogP contribution in [-0.2, 0) is 10.0 Å². The first-order chi connectivity index (χ1) is 16.8. The summed E-state index contributed by atoms with van der Waals surface area (Å²) in [6.07, 6.45) is 3.31. The zero-order valence-electron chi connectivity index (χ0n) is 19.6. The zero-order valence-corrected chi connectivity index (χ0v) is 20.4. The quantitative estimate of drug-likeness (QED) is 0.426. The zero-order chi connectivity index (χ0) is 24.6. The largest absolute Gasteiger partial charge is 0.490 e. The number of hydrogen-bond donors (Lipinski definition) is 1. The summed E-state index contributed by atoms with van der Waals surface area (Å²) in [7, 11) is -3.90. The van der Waals surface area contributed by atoms with Gasteiger partial charge in [0.25, 0.3) is 0 Å². The van der Waals surface area contributed by atoms with Crippen molar-refractivity contribution in [1.29, 1.82) is 0 Å². The fourth-order valence-electron chi connectivity index (χ4n) is 4.34. The molecule has 4 aromatic rings. The number of ether oxygens (including phenoxy) is 1. The Labute approximate surface area is 204 Å². The Kier molecular flexibility index (Phi) is 6.16. The van der Waals surface area contributed by atoms with Crippen LogP contribution in [-0.4, -0.2) is 42.7 Å². The van der Waals surface area contributed by atoms with Gasteiger partial charge in [0.15, 0.2) is 5.82 Å². The van der Waals surface area contributed by atoms with Crippen LogP contribution in [0, 0.1) is 0 Å². The molecule has 10 heteroatoms. The van der Waals surface area contributed by atoms with Crippen molar-refractivity contribution in [2.45, 2.75) is 43.6 Å². The van der Waals surface area contributed by atoms with Gasteiger partial charge in [0.2, 0.25) is 10.0 Å². The molecule has 0 aliphatic carbocycles. The number of sulfonamides is 1. The molecule has 0 saturated carbocycles. The predicted octanol–water partition coefficient (Wildman–Crippen LogP) is 4.10. The molecule has 0 spiro atoms. The number of para-hydroxylation sites is 1. The van der Waals surface area contributed by atoms with Gasteiger partial charge in [-0.15, -0.1) is 0 Å². The molecular formula is C25H27N5O4S. The van der Waals surface area contributed by atoms with Gasteiger partial charge in [-0.2, -0.15) is 4.98 Å². The number of pyridine rings is 1. The molecule has 1 aliphatic heterocycles.